The van der Waals surface area contributed by atoms with E-state index in [0.29, 0.717) is 5.41 Å². The van der Waals surface area contributed by atoms with Crippen molar-refractivity contribution >= 4 is 11.3 Å². The topological polar surface area (TPSA) is 32.3 Å². The molecule has 1 aromatic rings. The van der Waals surface area contributed by atoms with Crippen LogP contribution in [0.2, 0.25) is 0 Å². The first-order chi connectivity index (χ1) is 8.95. The first-order valence-electron chi connectivity index (χ1n) is 7.33. The molecule has 0 unspecified atom stereocenters. The number of rotatable bonds is 4. The second-order valence-electron chi connectivity index (χ2n) is 7.01. The van der Waals surface area contributed by atoms with Gasteiger partial charge in [0.15, 0.2) is 0 Å². The summed E-state index contributed by atoms with van der Waals surface area (Å²) in [6.45, 7) is 8.15. The number of nitrogens with one attached hydrogen (secondary N) is 1. The van der Waals surface area contributed by atoms with Crippen LogP contribution >= 0.6 is 11.3 Å². The van der Waals surface area contributed by atoms with Gasteiger partial charge in [0.05, 0.1) is 6.61 Å². The summed E-state index contributed by atoms with van der Waals surface area (Å²) in [5.41, 5.74) is 0.348. The largest absolute Gasteiger partial charge is 0.394 e. The molecule has 108 valence electrons. The molecular formula is C16H27NOS. The highest BCUT2D eigenvalue weighted by Crippen LogP contribution is 2.41. The van der Waals surface area contributed by atoms with E-state index in [9.17, 15) is 5.11 Å². The molecule has 1 aliphatic rings. The summed E-state index contributed by atoms with van der Waals surface area (Å²) in [5.74, 6) is 0.788. The average molecular weight is 281 g/mol. The predicted molar refractivity (Wildman–Crippen MR) is 82.4 cm³/mol. The predicted octanol–water partition coefficient (Wildman–Crippen LogP) is 3.81. The molecular weight excluding hydrogens is 254 g/mol. The molecule has 1 fully saturated rings. The van der Waals surface area contributed by atoms with E-state index < -0.39 is 0 Å². The van der Waals surface area contributed by atoms with E-state index in [1.54, 1.807) is 11.3 Å². The number of aliphatic hydroxyl groups excluding tert-OH is 1. The van der Waals surface area contributed by atoms with E-state index in [4.69, 9.17) is 0 Å². The number of hydrogen-bond acceptors (Lipinski definition) is 3. The van der Waals surface area contributed by atoms with Crippen molar-refractivity contribution in [3.05, 3.63) is 22.4 Å². The molecule has 0 saturated heterocycles. The number of aliphatic hydroxyl groups is 1. The Hall–Kier alpha value is -0.380. The van der Waals surface area contributed by atoms with Crippen molar-refractivity contribution in [2.45, 2.75) is 58.5 Å². The molecule has 3 heteroatoms. The molecule has 0 atom stereocenters. The van der Waals surface area contributed by atoms with Crippen LogP contribution in [0.1, 0.15) is 51.3 Å². The van der Waals surface area contributed by atoms with Crippen LogP contribution in [0.4, 0.5) is 0 Å². The van der Waals surface area contributed by atoms with Crippen LogP contribution < -0.4 is 5.32 Å². The Morgan fingerprint density at radius 3 is 2.53 bits per heavy atom. The van der Waals surface area contributed by atoms with Crippen molar-refractivity contribution in [3.8, 4) is 0 Å². The molecule has 2 nitrogen and oxygen atoms in total. The lowest BCUT2D eigenvalue weighted by atomic mass is 9.67. The number of thiophene rings is 1. The second kappa shape index (κ2) is 5.94. The molecule has 1 saturated carbocycles. The van der Waals surface area contributed by atoms with Gasteiger partial charge in [-0.2, -0.15) is 0 Å². The summed E-state index contributed by atoms with van der Waals surface area (Å²) in [6, 6.07) is 4.24. The zero-order valence-corrected chi connectivity index (χ0v) is 13.2. The van der Waals surface area contributed by atoms with Gasteiger partial charge in [-0.15, -0.1) is 11.3 Å². The van der Waals surface area contributed by atoms with Gasteiger partial charge in [0, 0.05) is 17.0 Å². The van der Waals surface area contributed by atoms with Gasteiger partial charge in [-0.05, 0) is 48.5 Å². The molecule has 1 aromatic heterocycles. The first-order valence-corrected chi connectivity index (χ1v) is 8.21. The molecule has 0 spiro atoms. The fourth-order valence-electron chi connectivity index (χ4n) is 3.11. The third kappa shape index (κ3) is 3.80. The molecule has 0 amide bonds. The lowest BCUT2D eigenvalue weighted by Crippen LogP contribution is -2.51. The molecule has 1 heterocycles. The summed E-state index contributed by atoms with van der Waals surface area (Å²) < 4.78 is 0. The average Bonchev–Trinajstić information content (AvgIpc) is 2.89. The van der Waals surface area contributed by atoms with Crippen LogP contribution in [0, 0.1) is 11.3 Å². The molecule has 0 bridgehead atoms. The first kappa shape index (κ1) is 15.0. The third-order valence-electron chi connectivity index (χ3n) is 4.69. The van der Waals surface area contributed by atoms with E-state index >= 15 is 0 Å². The molecule has 1 aliphatic carbocycles. The monoisotopic (exact) mass is 281 g/mol. The molecule has 2 rings (SSSR count). The van der Waals surface area contributed by atoms with Crippen LogP contribution in [0.3, 0.4) is 0 Å². The van der Waals surface area contributed by atoms with E-state index in [0.717, 1.165) is 25.3 Å². The fraction of sp³-hybridized carbons (Fsp3) is 0.750. The maximum atomic E-state index is 9.80. The van der Waals surface area contributed by atoms with Crippen molar-refractivity contribution < 1.29 is 5.11 Å². The van der Waals surface area contributed by atoms with Crippen LogP contribution in [0.25, 0.3) is 0 Å². The van der Waals surface area contributed by atoms with Crippen LogP contribution in [-0.4, -0.2) is 17.3 Å². The SMILES string of the molecule is CC(C)(C)C1CCC(CO)(NCc2cccs2)CC1. The van der Waals surface area contributed by atoms with Gasteiger partial charge in [0.25, 0.3) is 0 Å². The van der Waals surface area contributed by atoms with Gasteiger partial charge in [-0.3, -0.25) is 0 Å². The Balaban J connectivity index is 1.90. The van der Waals surface area contributed by atoms with E-state index in [-0.39, 0.29) is 12.1 Å². The van der Waals surface area contributed by atoms with Crippen LogP contribution in [-0.2, 0) is 6.54 Å². The smallest absolute Gasteiger partial charge is 0.0613 e. The van der Waals surface area contributed by atoms with Gasteiger partial charge in [0.1, 0.15) is 0 Å². The highest BCUT2D eigenvalue weighted by atomic mass is 32.1. The summed E-state index contributed by atoms with van der Waals surface area (Å²) in [5, 5.41) is 15.5. The maximum Gasteiger partial charge on any atom is 0.0613 e. The van der Waals surface area contributed by atoms with Crippen molar-refractivity contribution in [2.24, 2.45) is 11.3 Å². The standard InChI is InChI=1S/C16H27NOS/c1-15(2,3)13-6-8-16(12-18,9-7-13)17-11-14-5-4-10-19-14/h4-5,10,13,17-18H,6-9,11-12H2,1-3H3. The van der Waals surface area contributed by atoms with E-state index in [1.807, 2.05) is 0 Å². The Labute approximate surface area is 121 Å². The molecule has 0 radical (unpaired) electrons. The summed E-state index contributed by atoms with van der Waals surface area (Å²) in [7, 11) is 0. The molecule has 0 aliphatic heterocycles. The van der Waals surface area contributed by atoms with Crippen LogP contribution in [0.5, 0.6) is 0 Å². The van der Waals surface area contributed by atoms with E-state index in [1.165, 1.54) is 17.7 Å². The van der Waals surface area contributed by atoms with Gasteiger partial charge in [-0.25, -0.2) is 0 Å². The molecule has 2 N–H and O–H groups in total. The Kier molecular flexibility index (Phi) is 4.70. The molecule has 19 heavy (non-hydrogen) atoms. The fourth-order valence-corrected chi connectivity index (χ4v) is 3.76. The summed E-state index contributed by atoms with van der Waals surface area (Å²) >= 11 is 1.78. The second-order valence-corrected chi connectivity index (χ2v) is 8.04. The lowest BCUT2D eigenvalue weighted by Gasteiger charge is -2.43. The number of hydrogen-bond donors (Lipinski definition) is 2. The quantitative estimate of drug-likeness (QED) is 0.879. The van der Waals surface area contributed by atoms with E-state index in [2.05, 4.69) is 43.6 Å². The summed E-state index contributed by atoms with van der Waals surface area (Å²) in [4.78, 5) is 1.35. The lowest BCUT2D eigenvalue weighted by molar-refractivity contribution is 0.0682. The zero-order valence-electron chi connectivity index (χ0n) is 12.4. The van der Waals surface area contributed by atoms with Gasteiger partial charge in [-0.1, -0.05) is 26.8 Å². The highest BCUT2D eigenvalue weighted by molar-refractivity contribution is 7.09. The van der Waals surface area contributed by atoms with Gasteiger partial charge < -0.3 is 10.4 Å². The highest BCUT2D eigenvalue weighted by Gasteiger charge is 2.37. The van der Waals surface area contributed by atoms with Gasteiger partial charge >= 0.3 is 0 Å². The van der Waals surface area contributed by atoms with Crippen molar-refractivity contribution in [2.75, 3.05) is 6.61 Å². The normalized spacial score (nSPS) is 28.5. The Bertz CT molecular complexity index is 372. The zero-order chi connectivity index (χ0) is 13.9. The van der Waals surface area contributed by atoms with Crippen molar-refractivity contribution in [1.29, 1.82) is 0 Å². The Morgan fingerprint density at radius 1 is 1.37 bits per heavy atom. The minimum Gasteiger partial charge on any atom is -0.394 e. The molecule has 0 aromatic carbocycles. The van der Waals surface area contributed by atoms with Crippen LogP contribution in [0.15, 0.2) is 17.5 Å². The maximum absolute atomic E-state index is 9.80. The minimum absolute atomic E-state index is 0.0499. The minimum atomic E-state index is -0.0499. The van der Waals surface area contributed by atoms with Crippen molar-refractivity contribution in [3.63, 3.8) is 0 Å². The Morgan fingerprint density at radius 2 is 2.05 bits per heavy atom. The summed E-state index contributed by atoms with van der Waals surface area (Å²) in [6.07, 6.45) is 4.64. The van der Waals surface area contributed by atoms with Gasteiger partial charge in [0.2, 0.25) is 0 Å². The third-order valence-corrected chi connectivity index (χ3v) is 5.56. The van der Waals surface area contributed by atoms with Crippen molar-refractivity contribution in [1.82, 2.24) is 5.32 Å².